The normalized spacial score (nSPS) is 19.5. The maximum atomic E-state index is 12.9. The summed E-state index contributed by atoms with van der Waals surface area (Å²) in [5.74, 6) is 0.343. The van der Waals surface area contributed by atoms with Gasteiger partial charge in [-0.3, -0.25) is 14.8 Å². The number of amides is 1. The third-order valence-corrected chi connectivity index (χ3v) is 5.24. The van der Waals surface area contributed by atoms with Crippen LogP contribution in [0.15, 0.2) is 42.9 Å². The van der Waals surface area contributed by atoms with E-state index in [2.05, 4.69) is 9.97 Å². The van der Waals surface area contributed by atoms with Gasteiger partial charge in [-0.2, -0.15) is 0 Å². The molecular weight excluding hydrogens is 407 g/mol. The van der Waals surface area contributed by atoms with Crippen molar-refractivity contribution >= 4 is 42.3 Å². The summed E-state index contributed by atoms with van der Waals surface area (Å²) in [7, 11) is 1.82. The van der Waals surface area contributed by atoms with Gasteiger partial charge >= 0.3 is 0 Å². The number of halogens is 3. The average Bonchev–Trinajstić information content (AvgIpc) is 3.02. The quantitative estimate of drug-likeness (QED) is 0.775. The number of nitrogens with zero attached hydrogens (tertiary/aromatic N) is 3. The summed E-state index contributed by atoms with van der Waals surface area (Å²) in [6, 6.07) is 7.33. The van der Waals surface area contributed by atoms with E-state index < -0.39 is 0 Å². The molecule has 2 N–H and O–H groups in total. The molecule has 1 aromatic heterocycles. The van der Waals surface area contributed by atoms with Crippen LogP contribution >= 0.6 is 36.4 Å². The highest BCUT2D eigenvalue weighted by atomic mass is 35.5. The molecule has 1 amide bonds. The van der Waals surface area contributed by atoms with Gasteiger partial charge in [-0.1, -0.05) is 30.2 Å². The zero-order chi connectivity index (χ0) is 17.8. The molecule has 1 heterocycles. The highest BCUT2D eigenvalue weighted by Crippen LogP contribution is 2.31. The summed E-state index contributed by atoms with van der Waals surface area (Å²) in [5, 5.41) is 0.660. The molecule has 8 heteroatoms. The summed E-state index contributed by atoms with van der Waals surface area (Å²) in [6.45, 7) is 0. The Morgan fingerprint density at radius 2 is 1.96 bits per heavy atom. The highest BCUT2D eigenvalue weighted by molar-refractivity contribution is 6.30. The fourth-order valence-electron chi connectivity index (χ4n) is 3.52. The summed E-state index contributed by atoms with van der Waals surface area (Å²) >= 11 is 6.01. The number of benzene rings is 1. The highest BCUT2D eigenvalue weighted by Gasteiger charge is 2.30. The number of carbonyl (C=O) groups excluding carboxylic acids is 1. The van der Waals surface area contributed by atoms with Crippen LogP contribution in [-0.2, 0) is 4.79 Å². The van der Waals surface area contributed by atoms with Crippen molar-refractivity contribution in [3.05, 3.63) is 59.1 Å². The Morgan fingerprint density at radius 3 is 2.52 bits per heavy atom. The fraction of sp³-hybridized carbons (Fsp3) is 0.421. The Bertz CT molecular complexity index is 715. The topological polar surface area (TPSA) is 72.1 Å². The van der Waals surface area contributed by atoms with Gasteiger partial charge in [0.15, 0.2) is 0 Å². The summed E-state index contributed by atoms with van der Waals surface area (Å²) in [6.07, 6.45) is 8.58. The Kier molecular flexibility index (Phi) is 9.47. The minimum atomic E-state index is -0.295. The Morgan fingerprint density at radius 1 is 1.26 bits per heavy atom. The summed E-state index contributed by atoms with van der Waals surface area (Å²) < 4.78 is 0. The molecule has 1 aliphatic rings. The van der Waals surface area contributed by atoms with Crippen LogP contribution in [0.3, 0.4) is 0 Å². The number of aromatic nitrogens is 2. The second-order valence-electron chi connectivity index (χ2n) is 6.65. The lowest BCUT2D eigenvalue weighted by atomic mass is 9.97. The zero-order valence-electron chi connectivity index (χ0n) is 15.1. The average molecular weight is 432 g/mol. The van der Waals surface area contributed by atoms with Gasteiger partial charge in [0.25, 0.3) is 0 Å². The first-order valence-corrected chi connectivity index (χ1v) is 8.96. The van der Waals surface area contributed by atoms with Gasteiger partial charge in [-0.15, -0.1) is 24.8 Å². The van der Waals surface area contributed by atoms with Gasteiger partial charge in [-0.25, -0.2) is 0 Å². The van der Waals surface area contributed by atoms with Crippen molar-refractivity contribution in [1.29, 1.82) is 0 Å². The van der Waals surface area contributed by atoms with Crippen LogP contribution in [0.1, 0.15) is 43.0 Å². The first-order chi connectivity index (χ1) is 12.1. The first kappa shape index (κ1) is 23.6. The molecule has 3 rings (SSSR count). The molecular formula is C19H25Cl3N4O. The summed E-state index contributed by atoms with van der Waals surface area (Å²) in [4.78, 5) is 23.2. The third-order valence-electron chi connectivity index (χ3n) is 4.98. The predicted octanol–water partition coefficient (Wildman–Crippen LogP) is 4.04. The Balaban J connectivity index is 0.00000182. The minimum absolute atomic E-state index is 0. The van der Waals surface area contributed by atoms with Crippen molar-refractivity contribution in [2.24, 2.45) is 11.7 Å². The molecule has 0 aliphatic heterocycles. The molecule has 3 atom stereocenters. The van der Waals surface area contributed by atoms with Crippen LogP contribution in [0.4, 0.5) is 0 Å². The largest absolute Gasteiger partial charge is 0.333 e. The van der Waals surface area contributed by atoms with E-state index in [1.807, 2.05) is 31.3 Å². The van der Waals surface area contributed by atoms with Crippen LogP contribution in [0, 0.1) is 5.92 Å². The number of carbonyl (C=O) groups is 1. The van der Waals surface area contributed by atoms with Crippen molar-refractivity contribution in [3.8, 4) is 0 Å². The molecule has 148 valence electrons. The molecule has 5 nitrogen and oxygen atoms in total. The second kappa shape index (κ2) is 10.8. The molecule has 1 saturated carbocycles. The van der Waals surface area contributed by atoms with E-state index >= 15 is 0 Å². The van der Waals surface area contributed by atoms with Gasteiger partial charge in [0.1, 0.15) is 6.04 Å². The van der Waals surface area contributed by atoms with Crippen LogP contribution in [0.2, 0.25) is 5.02 Å². The number of hydrogen-bond donors (Lipinski definition) is 1. The number of nitrogens with two attached hydrogens (primary N) is 1. The van der Waals surface area contributed by atoms with E-state index in [1.54, 1.807) is 23.5 Å². The molecule has 1 unspecified atom stereocenters. The lowest BCUT2D eigenvalue weighted by Gasteiger charge is -2.29. The molecule has 27 heavy (non-hydrogen) atoms. The fourth-order valence-corrected chi connectivity index (χ4v) is 3.65. The Labute approximate surface area is 177 Å². The molecule has 0 bridgehead atoms. The maximum Gasteiger partial charge on any atom is 0.223 e. The van der Waals surface area contributed by atoms with E-state index in [0.29, 0.717) is 11.4 Å². The van der Waals surface area contributed by atoms with Crippen LogP contribution in [0.25, 0.3) is 0 Å². The zero-order valence-corrected chi connectivity index (χ0v) is 17.5. The van der Waals surface area contributed by atoms with Crippen LogP contribution in [0.5, 0.6) is 0 Å². The minimum Gasteiger partial charge on any atom is -0.333 e. The smallest absolute Gasteiger partial charge is 0.223 e. The molecule has 0 spiro atoms. The molecule has 2 aromatic rings. The van der Waals surface area contributed by atoms with Crippen LogP contribution < -0.4 is 5.73 Å². The van der Waals surface area contributed by atoms with Gasteiger partial charge in [0.2, 0.25) is 5.91 Å². The molecule has 0 radical (unpaired) electrons. The van der Waals surface area contributed by atoms with Crippen LogP contribution in [-0.4, -0.2) is 33.9 Å². The third kappa shape index (κ3) is 5.79. The van der Waals surface area contributed by atoms with Crippen molar-refractivity contribution in [2.75, 3.05) is 7.05 Å². The van der Waals surface area contributed by atoms with E-state index in [9.17, 15) is 4.79 Å². The SMILES string of the molecule is CN(C(=O)C[C@@H]1CCC[C@H]1N)C(c1ccc(Cl)cc1)c1cnccn1.Cl.Cl. The first-order valence-electron chi connectivity index (χ1n) is 8.59. The second-order valence-corrected chi connectivity index (χ2v) is 7.08. The standard InChI is InChI=1S/C19H23ClN4O.2ClH/c1-24(18(25)11-14-3-2-4-16(14)21)19(17-12-22-9-10-23-17)13-5-7-15(20)8-6-13;;/h5-10,12,14,16,19H,2-4,11,21H2,1H3;2*1H/t14-,16+,19?;;/m0../s1. The lowest BCUT2D eigenvalue weighted by molar-refractivity contribution is -0.132. The van der Waals surface area contributed by atoms with E-state index in [1.165, 1.54) is 0 Å². The Hall–Kier alpha value is -1.40. The molecule has 0 saturated heterocycles. The van der Waals surface area contributed by atoms with Crippen molar-refractivity contribution < 1.29 is 4.79 Å². The van der Waals surface area contributed by atoms with E-state index in [-0.39, 0.29) is 48.7 Å². The van der Waals surface area contributed by atoms with Crippen molar-refractivity contribution in [1.82, 2.24) is 14.9 Å². The van der Waals surface area contributed by atoms with Gasteiger partial charge in [0.05, 0.1) is 11.9 Å². The predicted molar refractivity (Wildman–Crippen MR) is 113 cm³/mol. The molecule has 1 aromatic carbocycles. The van der Waals surface area contributed by atoms with Gasteiger partial charge in [-0.05, 0) is 36.5 Å². The molecule has 1 aliphatic carbocycles. The van der Waals surface area contributed by atoms with Crippen molar-refractivity contribution in [3.63, 3.8) is 0 Å². The number of rotatable bonds is 5. The summed E-state index contributed by atoms with van der Waals surface area (Å²) in [5.41, 5.74) is 7.82. The van der Waals surface area contributed by atoms with Crippen molar-refractivity contribution in [2.45, 2.75) is 37.8 Å². The monoisotopic (exact) mass is 430 g/mol. The maximum absolute atomic E-state index is 12.9. The van der Waals surface area contributed by atoms with E-state index in [0.717, 1.165) is 30.5 Å². The molecule has 1 fully saturated rings. The van der Waals surface area contributed by atoms with Gasteiger partial charge in [0, 0.05) is 36.9 Å². The van der Waals surface area contributed by atoms with Gasteiger partial charge < -0.3 is 10.6 Å². The number of hydrogen-bond acceptors (Lipinski definition) is 4. The van der Waals surface area contributed by atoms with E-state index in [4.69, 9.17) is 17.3 Å². The lowest BCUT2D eigenvalue weighted by Crippen LogP contribution is -2.36.